The summed E-state index contributed by atoms with van der Waals surface area (Å²) in [6.45, 7) is 0. The first-order valence-electron chi connectivity index (χ1n) is 5.33. The van der Waals surface area contributed by atoms with Crippen molar-refractivity contribution in [3.8, 4) is 0 Å². The van der Waals surface area contributed by atoms with Gasteiger partial charge in [0.25, 0.3) is 10.0 Å². The van der Waals surface area contributed by atoms with Gasteiger partial charge in [0.05, 0.1) is 20.6 Å². The summed E-state index contributed by atoms with van der Waals surface area (Å²) in [4.78, 5) is -0.143. The molecule has 0 heterocycles. The quantitative estimate of drug-likeness (QED) is 0.843. The zero-order valence-electron chi connectivity index (χ0n) is 9.90. The molecule has 106 valence electrons. The second-order valence-electron chi connectivity index (χ2n) is 3.89. The van der Waals surface area contributed by atoms with Gasteiger partial charge in [0.1, 0.15) is 11.5 Å². The second kappa shape index (κ2) is 5.47. The lowest BCUT2D eigenvalue weighted by molar-refractivity contribution is 0.598. The lowest BCUT2D eigenvalue weighted by atomic mass is 10.3. The van der Waals surface area contributed by atoms with Crippen molar-refractivity contribution in [2.75, 3.05) is 10.5 Å². The van der Waals surface area contributed by atoms with E-state index in [1.165, 1.54) is 30.3 Å². The van der Waals surface area contributed by atoms with Gasteiger partial charge in [-0.3, -0.25) is 4.72 Å². The van der Waals surface area contributed by atoms with Gasteiger partial charge in [0, 0.05) is 0 Å². The van der Waals surface area contributed by atoms with Gasteiger partial charge in [0.15, 0.2) is 0 Å². The number of hydrogen-bond donors (Lipinski definition) is 2. The number of sulfonamides is 1. The Balaban J connectivity index is 2.43. The predicted octanol–water partition coefficient (Wildman–Crippen LogP) is 3.52. The summed E-state index contributed by atoms with van der Waals surface area (Å²) in [7, 11) is -4.01. The second-order valence-corrected chi connectivity index (χ2v) is 6.38. The Morgan fingerprint density at radius 1 is 1.10 bits per heavy atom. The normalized spacial score (nSPS) is 11.3. The van der Waals surface area contributed by atoms with Crippen LogP contribution in [0.1, 0.15) is 0 Å². The molecule has 8 heteroatoms. The molecule has 0 unspecified atom stereocenters. The van der Waals surface area contributed by atoms with Crippen LogP contribution in [0.2, 0.25) is 10.0 Å². The molecule has 0 bridgehead atoms. The first-order valence-corrected chi connectivity index (χ1v) is 7.57. The van der Waals surface area contributed by atoms with E-state index in [0.29, 0.717) is 0 Å². The molecule has 0 fully saturated rings. The zero-order valence-corrected chi connectivity index (χ0v) is 12.2. The summed E-state index contributed by atoms with van der Waals surface area (Å²) in [6, 6.07) is 7.62. The summed E-state index contributed by atoms with van der Waals surface area (Å²) in [6.07, 6.45) is 0. The largest absolute Gasteiger partial charge is 0.398 e. The van der Waals surface area contributed by atoms with Gasteiger partial charge >= 0.3 is 0 Å². The summed E-state index contributed by atoms with van der Waals surface area (Å²) in [5, 5.41) is 0.0441. The van der Waals surface area contributed by atoms with Crippen LogP contribution < -0.4 is 10.5 Å². The molecule has 0 aromatic heterocycles. The number of anilines is 2. The van der Waals surface area contributed by atoms with Crippen molar-refractivity contribution in [1.29, 1.82) is 0 Å². The van der Waals surface area contributed by atoms with Crippen molar-refractivity contribution in [3.05, 3.63) is 52.3 Å². The summed E-state index contributed by atoms with van der Waals surface area (Å²) < 4.78 is 39.9. The fourth-order valence-corrected chi connectivity index (χ4v) is 3.09. The van der Waals surface area contributed by atoms with Crippen LogP contribution >= 0.6 is 23.2 Å². The van der Waals surface area contributed by atoms with Gasteiger partial charge in [-0.1, -0.05) is 29.3 Å². The first-order chi connectivity index (χ1) is 9.31. The molecule has 4 nitrogen and oxygen atoms in total. The van der Waals surface area contributed by atoms with Gasteiger partial charge in [0.2, 0.25) is 0 Å². The van der Waals surface area contributed by atoms with E-state index in [9.17, 15) is 12.8 Å². The van der Waals surface area contributed by atoms with Crippen molar-refractivity contribution >= 4 is 44.6 Å². The van der Waals surface area contributed by atoms with E-state index in [1.54, 1.807) is 0 Å². The number of halogens is 3. The highest BCUT2D eigenvalue weighted by atomic mass is 35.5. The number of nitrogens with two attached hydrogens (primary N) is 1. The van der Waals surface area contributed by atoms with Crippen molar-refractivity contribution in [3.63, 3.8) is 0 Å². The van der Waals surface area contributed by atoms with Gasteiger partial charge in [-0.2, -0.15) is 0 Å². The Morgan fingerprint density at radius 3 is 2.40 bits per heavy atom. The minimum Gasteiger partial charge on any atom is -0.398 e. The average molecular weight is 335 g/mol. The molecule has 0 amide bonds. The smallest absolute Gasteiger partial charge is 0.262 e. The molecular weight excluding hydrogens is 326 g/mol. The minimum atomic E-state index is -4.01. The fraction of sp³-hybridized carbons (Fsp3) is 0. The molecule has 2 rings (SSSR count). The minimum absolute atomic E-state index is 0.0462. The van der Waals surface area contributed by atoms with Gasteiger partial charge < -0.3 is 5.73 Å². The standard InChI is InChI=1S/C12H9Cl2FN2O2S/c13-8-2-1-3-10(15)12(8)17-20(18,19)7-4-5-11(16)9(14)6-7/h1-6,17H,16H2. The third kappa shape index (κ3) is 2.98. The fourth-order valence-electron chi connectivity index (χ4n) is 1.46. The lowest BCUT2D eigenvalue weighted by Crippen LogP contribution is -2.14. The van der Waals surface area contributed by atoms with Crippen molar-refractivity contribution in [1.82, 2.24) is 0 Å². The maximum absolute atomic E-state index is 13.6. The number of nitrogens with one attached hydrogen (secondary N) is 1. The molecular formula is C12H9Cl2FN2O2S. The average Bonchev–Trinajstić information content (AvgIpc) is 2.37. The Kier molecular flexibility index (Phi) is 4.08. The molecule has 0 spiro atoms. The van der Waals surface area contributed by atoms with Crippen molar-refractivity contribution in [2.45, 2.75) is 4.90 Å². The molecule has 2 aromatic rings. The number of hydrogen-bond acceptors (Lipinski definition) is 3. The highest BCUT2D eigenvalue weighted by molar-refractivity contribution is 7.92. The third-order valence-electron chi connectivity index (χ3n) is 2.48. The number of benzene rings is 2. The predicted molar refractivity (Wildman–Crippen MR) is 78.1 cm³/mol. The Bertz CT molecular complexity index is 746. The molecule has 0 aliphatic heterocycles. The molecule has 2 aromatic carbocycles. The van der Waals surface area contributed by atoms with E-state index < -0.39 is 15.8 Å². The molecule has 20 heavy (non-hydrogen) atoms. The summed E-state index contributed by atoms with van der Waals surface area (Å²) in [5.74, 6) is -0.775. The number of nitrogen functional groups attached to an aromatic ring is 1. The summed E-state index contributed by atoms with van der Waals surface area (Å²) >= 11 is 11.5. The molecule has 0 aliphatic rings. The van der Waals surface area contributed by atoms with E-state index in [-0.39, 0.29) is 26.3 Å². The zero-order chi connectivity index (χ0) is 14.9. The topological polar surface area (TPSA) is 72.2 Å². The SMILES string of the molecule is Nc1ccc(S(=O)(=O)Nc2c(F)cccc2Cl)cc1Cl. The first kappa shape index (κ1) is 14.9. The van der Waals surface area contributed by atoms with Crippen LogP contribution in [0.4, 0.5) is 15.8 Å². The Labute approximate surface area is 125 Å². The molecule has 0 aliphatic carbocycles. The highest BCUT2D eigenvalue weighted by Crippen LogP contribution is 2.29. The van der Waals surface area contributed by atoms with Crippen molar-refractivity contribution in [2.24, 2.45) is 0 Å². The van der Waals surface area contributed by atoms with Crippen LogP contribution in [0.15, 0.2) is 41.3 Å². The van der Waals surface area contributed by atoms with Crippen molar-refractivity contribution < 1.29 is 12.8 Å². The molecule has 0 radical (unpaired) electrons. The number of rotatable bonds is 3. The monoisotopic (exact) mass is 334 g/mol. The third-order valence-corrected chi connectivity index (χ3v) is 4.47. The Morgan fingerprint density at radius 2 is 1.80 bits per heavy atom. The van der Waals surface area contributed by atoms with Gasteiger partial charge in [-0.15, -0.1) is 0 Å². The lowest BCUT2D eigenvalue weighted by Gasteiger charge is -2.11. The maximum atomic E-state index is 13.6. The van der Waals surface area contributed by atoms with E-state index >= 15 is 0 Å². The van der Waals surface area contributed by atoms with E-state index in [4.69, 9.17) is 28.9 Å². The molecule has 3 N–H and O–H groups in total. The molecule has 0 saturated heterocycles. The van der Waals surface area contributed by atoms with Crippen LogP contribution in [0.3, 0.4) is 0 Å². The van der Waals surface area contributed by atoms with E-state index in [1.807, 2.05) is 0 Å². The highest BCUT2D eigenvalue weighted by Gasteiger charge is 2.19. The van der Waals surface area contributed by atoms with Crippen LogP contribution in [-0.2, 0) is 10.0 Å². The van der Waals surface area contributed by atoms with Crippen LogP contribution in [0, 0.1) is 5.82 Å². The van der Waals surface area contributed by atoms with Crippen LogP contribution in [0.25, 0.3) is 0 Å². The summed E-state index contributed by atoms with van der Waals surface area (Å²) in [5.41, 5.74) is 5.43. The van der Waals surface area contributed by atoms with Crippen LogP contribution in [-0.4, -0.2) is 8.42 Å². The van der Waals surface area contributed by atoms with Gasteiger partial charge in [-0.05, 0) is 30.3 Å². The van der Waals surface area contributed by atoms with Gasteiger partial charge in [-0.25, -0.2) is 12.8 Å². The maximum Gasteiger partial charge on any atom is 0.262 e. The molecule has 0 saturated carbocycles. The Hall–Kier alpha value is -1.50. The van der Waals surface area contributed by atoms with E-state index in [0.717, 1.165) is 6.07 Å². The van der Waals surface area contributed by atoms with Crippen LogP contribution in [0.5, 0.6) is 0 Å². The van der Waals surface area contributed by atoms with E-state index in [2.05, 4.69) is 4.72 Å². The number of para-hydroxylation sites is 1. The molecule has 0 atom stereocenters.